The van der Waals surface area contributed by atoms with Crippen LogP contribution in [0.2, 0.25) is 0 Å². The molecule has 130 valence electrons. The Hall–Kier alpha value is -1.78. The topological polar surface area (TPSA) is 55.8 Å². The Morgan fingerprint density at radius 3 is 2.22 bits per heavy atom. The van der Waals surface area contributed by atoms with E-state index in [9.17, 15) is 9.59 Å². The molecule has 1 aliphatic heterocycles. The number of ether oxygens (including phenoxy) is 2. The summed E-state index contributed by atoms with van der Waals surface area (Å²) in [7, 11) is 0. The molecule has 1 fully saturated rings. The molecule has 0 spiro atoms. The van der Waals surface area contributed by atoms with Crippen LogP contribution in [0.1, 0.15) is 53.9 Å². The molecule has 0 aromatic carbocycles. The summed E-state index contributed by atoms with van der Waals surface area (Å²) in [6.07, 6.45) is 1.57. The van der Waals surface area contributed by atoms with Crippen molar-refractivity contribution in [2.75, 3.05) is 19.7 Å². The Kier molecular flexibility index (Phi) is 6.85. The molecule has 1 aliphatic rings. The van der Waals surface area contributed by atoms with Gasteiger partial charge in [-0.2, -0.15) is 0 Å². The molecule has 0 saturated carbocycles. The van der Waals surface area contributed by atoms with Gasteiger partial charge in [-0.15, -0.1) is 0 Å². The van der Waals surface area contributed by atoms with Gasteiger partial charge in [-0.25, -0.2) is 9.59 Å². The van der Waals surface area contributed by atoms with E-state index in [1.807, 2.05) is 27.7 Å². The normalized spacial score (nSPS) is 15.2. The van der Waals surface area contributed by atoms with Crippen molar-refractivity contribution in [1.29, 1.82) is 0 Å². The van der Waals surface area contributed by atoms with Gasteiger partial charge in [0.15, 0.2) is 0 Å². The summed E-state index contributed by atoms with van der Waals surface area (Å²) >= 11 is 0. The minimum absolute atomic E-state index is 0.267. The second-order valence-electron chi connectivity index (χ2n) is 6.90. The van der Waals surface area contributed by atoms with Crippen molar-refractivity contribution >= 4 is 12.1 Å². The lowest BCUT2D eigenvalue weighted by atomic mass is 9.94. The summed E-state index contributed by atoms with van der Waals surface area (Å²) < 4.78 is 10.5. The van der Waals surface area contributed by atoms with Crippen LogP contribution in [0.25, 0.3) is 0 Å². The molecular formula is C18H29NO4. The van der Waals surface area contributed by atoms with Crippen molar-refractivity contribution in [2.45, 2.75) is 59.5 Å². The Bertz CT molecular complexity index is 490. The monoisotopic (exact) mass is 323 g/mol. The molecule has 0 aliphatic carbocycles. The molecule has 1 saturated heterocycles. The van der Waals surface area contributed by atoms with Crippen molar-refractivity contribution in [3.8, 4) is 0 Å². The molecule has 23 heavy (non-hydrogen) atoms. The van der Waals surface area contributed by atoms with Crippen LogP contribution in [0.3, 0.4) is 0 Å². The zero-order valence-electron chi connectivity index (χ0n) is 15.0. The zero-order valence-corrected chi connectivity index (χ0v) is 15.0. The fourth-order valence-electron chi connectivity index (χ4n) is 2.45. The van der Waals surface area contributed by atoms with E-state index in [0.29, 0.717) is 44.5 Å². The third kappa shape index (κ3) is 6.47. The summed E-state index contributed by atoms with van der Waals surface area (Å²) in [6, 6.07) is 0. The van der Waals surface area contributed by atoms with Crippen molar-refractivity contribution < 1.29 is 19.1 Å². The van der Waals surface area contributed by atoms with Gasteiger partial charge in [0.2, 0.25) is 0 Å². The lowest BCUT2D eigenvalue weighted by Gasteiger charge is -2.31. The number of allylic oxidation sites excluding steroid dienone is 1. The first-order valence-electron chi connectivity index (χ1n) is 8.14. The van der Waals surface area contributed by atoms with Crippen LogP contribution in [-0.4, -0.2) is 42.3 Å². The molecule has 0 aromatic heterocycles. The number of carbonyl (C=O) groups excluding carboxylic acids is 2. The van der Waals surface area contributed by atoms with E-state index in [1.165, 1.54) is 0 Å². The summed E-state index contributed by atoms with van der Waals surface area (Å²) in [5.41, 5.74) is 2.19. The maximum Gasteiger partial charge on any atom is 0.410 e. The first-order valence-corrected chi connectivity index (χ1v) is 8.14. The van der Waals surface area contributed by atoms with E-state index in [1.54, 1.807) is 11.8 Å². The summed E-state index contributed by atoms with van der Waals surface area (Å²) in [5, 5.41) is 0. The summed E-state index contributed by atoms with van der Waals surface area (Å²) in [4.78, 5) is 25.9. The highest BCUT2D eigenvalue weighted by Gasteiger charge is 2.27. The predicted octanol–water partition coefficient (Wildman–Crippen LogP) is 3.84. The minimum Gasteiger partial charge on any atom is -0.463 e. The fourth-order valence-corrected chi connectivity index (χ4v) is 2.45. The van der Waals surface area contributed by atoms with Gasteiger partial charge in [-0.1, -0.05) is 17.7 Å². The van der Waals surface area contributed by atoms with Crippen molar-refractivity contribution in [3.05, 3.63) is 23.3 Å². The molecule has 0 N–H and O–H groups in total. The van der Waals surface area contributed by atoms with E-state index in [0.717, 1.165) is 11.1 Å². The number of esters is 1. The predicted molar refractivity (Wildman–Crippen MR) is 90.1 cm³/mol. The SMILES string of the molecule is C=C(C)CC(C(=O)OCC)=C1CCN(C(=O)OC(C)(C)C)CC1. The van der Waals surface area contributed by atoms with Crippen molar-refractivity contribution in [1.82, 2.24) is 4.90 Å². The number of carbonyl (C=O) groups is 2. The van der Waals surface area contributed by atoms with E-state index in [-0.39, 0.29) is 12.1 Å². The zero-order chi connectivity index (χ0) is 17.6. The minimum atomic E-state index is -0.497. The third-order valence-corrected chi connectivity index (χ3v) is 3.45. The van der Waals surface area contributed by atoms with Crippen LogP contribution < -0.4 is 0 Å². The van der Waals surface area contributed by atoms with Crippen LogP contribution >= 0.6 is 0 Å². The standard InChI is InChI=1S/C18H29NO4/c1-7-22-16(20)15(12-13(2)3)14-8-10-19(11-9-14)17(21)23-18(4,5)6/h2,7-12H2,1,3-6H3. The van der Waals surface area contributed by atoms with Crippen LogP contribution in [0, 0.1) is 0 Å². The van der Waals surface area contributed by atoms with Gasteiger partial charge in [0.05, 0.1) is 6.61 Å². The van der Waals surface area contributed by atoms with E-state index < -0.39 is 5.60 Å². The molecule has 5 nitrogen and oxygen atoms in total. The smallest absolute Gasteiger partial charge is 0.410 e. The van der Waals surface area contributed by atoms with Gasteiger partial charge in [0.1, 0.15) is 5.60 Å². The molecule has 1 rings (SSSR count). The second kappa shape index (κ2) is 8.18. The highest BCUT2D eigenvalue weighted by atomic mass is 16.6. The van der Waals surface area contributed by atoms with Crippen molar-refractivity contribution in [2.24, 2.45) is 0 Å². The lowest BCUT2D eigenvalue weighted by molar-refractivity contribution is -0.138. The first-order chi connectivity index (χ1) is 10.6. The van der Waals surface area contributed by atoms with Gasteiger partial charge in [-0.05, 0) is 53.9 Å². The molecule has 1 heterocycles. The highest BCUT2D eigenvalue weighted by Crippen LogP contribution is 2.26. The Morgan fingerprint density at radius 1 is 1.22 bits per heavy atom. The number of amides is 1. The van der Waals surface area contributed by atoms with Gasteiger partial charge in [-0.3, -0.25) is 0 Å². The number of nitrogens with zero attached hydrogens (tertiary/aromatic N) is 1. The van der Waals surface area contributed by atoms with E-state index >= 15 is 0 Å². The number of hydrogen-bond acceptors (Lipinski definition) is 4. The summed E-state index contributed by atoms with van der Waals surface area (Å²) in [6.45, 7) is 14.6. The first kappa shape index (κ1) is 19.3. The number of piperidine rings is 1. The second-order valence-corrected chi connectivity index (χ2v) is 6.90. The highest BCUT2D eigenvalue weighted by molar-refractivity contribution is 5.90. The molecule has 1 amide bonds. The number of likely N-dealkylation sites (tertiary alicyclic amines) is 1. The van der Waals surface area contributed by atoms with E-state index in [4.69, 9.17) is 9.47 Å². The average molecular weight is 323 g/mol. The fraction of sp³-hybridized carbons (Fsp3) is 0.667. The molecule has 0 radical (unpaired) electrons. The molecule has 0 unspecified atom stereocenters. The molecule has 0 atom stereocenters. The van der Waals surface area contributed by atoms with Crippen LogP contribution in [0.4, 0.5) is 4.79 Å². The van der Waals surface area contributed by atoms with Gasteiger partial charge in [0.25, 0.3) is 0 Å². The average Bonchev–Trinajstić information content (AvgIpc) is 2.43. The molecular weight excluding hydrogens is 294 g/mol. The van der Waals surface area contributed by atoms with E-state index in [2.05, 4.69) is 6.58 Å². The number of hydrogen-bond donors (Lipinski definition) is 0. The van der Waals surface area contributed by atoms with Gasteiger partial charge in [0, 0.05) is 18.7 Å². The lowest BCUT2D eigenvalue weighted by Crippen LogP contribution is -2.40. The Morgan fingerprint density at radius 2 is 1.78 bits per heavy atom. The Labute approximate surface area is 139 Å². The maximum atomic E-state index is 12.2. The van der Waals surface area contributed by atoms with Gasteiger partial charge >= 0.3 is 12.1 Å². The molecule has 5 heteroatoms. The van der Waals surface area contributed by atoms with Crippen molar-refractivity contribution in [3.63, 3.8) is 0 Å². The van der Waals surface area contributed by atoms with Crippen LogP contribution in [-0.2, 0) is 14.3 Å². The Balaban J connectivity index is 2.78. The van der Waals surface area contributed by atoms with Crippen LogP contribution in [0.5, 0.6) is 0 Å². The van der Waals surface area contributed by atoms with Gasteiger partial charge < -0.3 is 14.4 Å². The molecule has 0 bridgehead atoms. The quantitative estimate of drug-likeness (QED) is 0.448. The van der Waals surface area contributed by atoms with Crippen LogP contribution in [0.15, 0.2) is 23.3 Å². The maximum absolute atomic E-state index is 12.2. The number of rotatable bonds is 4. The largest absolute Gasteiger partial charge is 0.463 e. The molecule has 0 aromatic rings. The summed E-state index contributed by atoms with van der Waals surface area (Å²) in [5.74, 6) is -0.267. The third-order valence-electron chi connectivity index (χ3n) is 3.45.